The standard InChI is InChI=1S/C16H25FN2/c1-12(2)7-8-19(15-4-5-15)11-13-3-6-16(17)14(9-13)10-18/h3,6,9,12,15H,4-5,7-8,10-11,18H2,1-2H3. The van der Waals surface area contributed by atoms with Gasteiger partial charge in [0.1, 0.15) is 5.82 Å². The number of nitrogens with two attached hydrogens (primary N) is 1. The van der Waals surface area contributed by atoms with Crippen LogP contribution in [0.5, 0.6) is 0 Å². The zero-order chi connectivity index (χ0) is 13.8. The molecule has 0 atom stereocenters. The van der Waals surface area contributed by atoms with Crippen LogP contribution in [0.1, 0.15) is 44.2 Å². The Morgan fingerprint density at radius 2 is 2.11 bits per heavy atom. The van der Waals surface area contributed by atoms with Crippen LogP contribution in [0, 0.1) is 11.7 Å². The third-order valence-corrected chi connectivity index (χ3v) is 3.77. The molecule has 2 nitrogen and oxygen atoms in total. The molecule has 0 saturated heterocycles. The van der Waals surface area contributed by atoms with Crippen molar-refractivity contribution in [2.24, 2.45) is 11.7 Å². The lowest BCUT2D eigenvalue weighted by molar-refractivity contribution is 0.239. The quantitative estimate of drug-likeness (QED) is 0.819. The third kappa shape index (κ3) is 4.29. The van der Waals surface area contributed by atoms with Crippen molar-refractivity contribution in [1.82, 2.24) is 4.90 Å². The first-order chi connectivity index (χ1) is 9.10. The largest absolute Gasteiger partial charge is 0.326 e. The number of rotatable bonds is 7. The van der Waals surface area contributed by atoms with Gasteiger partial charge in [0, 0.05) is 24.7 Å². The number of nitrogens with zero attached hydrogens (tertiary/aromatic N) is 1. The Bertz CT molecular complexity index is 413. The van der Waals surface area contributed by atoms with E-state index in [1.807, 2.05) is 12.1 Å². The molecule has 0 aromatic heterocycles. The summed E-state index contributed by atoms with van der Waals surface area (Å²) in [7, 11) is 0. The Balaban J connectivity index is 2.00. The van der Waals surface area contributed by atoms with Crippen molar-refractivity contribution in [2.75, 3.05) is 6.54 Å². The second kappa shape index (κ2) is 6.49. The lowest BCUT2D eigenvalue weighted by atomic mass is 10.1. The van der Waals surface area contributed by atoms with Crippen molar-refractivity contribution in [3.63, 3.8) is 0 Å². The van der Waals surface area contributed by atoms with Crippen molar-refractivity contribution in [2.45, 2.75) is 52.2 Å². The maximum absolute atomic E-state index is 13.4. The van der Waals surface area contributed by atoms with Gasteiger partial charge in [0.05, 0.1) is 0 Å². The van der Waals surface area contributed by atoms with Gasteiger partial charge in [0.25, 0.3) is 0 Å². The van der Waals surface area contributed by atoms with E-state index in [0.29, 0.717) is 5.56 Å². The van der Waals surface area contributed by atoms with Crippen LogP contribution in [0.25, 0.3) is 0 Å². The Labute approximate surface area is 115 Å². The molecule has 0 radical (unpaired) electrons. The summed E-state index contributed by atoms with van der Waals surface area (Å²) in [4.78, 5) is 2.54. The van der Waals surface area contributed by atoms with E-state index >= 15 is 0 Å². The van der Waals surface area contributed by atoms with Crippen molar-refractivity contribution < 1.29 is 4.39 Å². The lowest BCUT2D eigenvalue weighted by Crippen LogP contribution is -2.27. The minimum atomic E-state index is -0.189. The van der Waals surface area contributed by atoms with Crippen LogP contribution < -0.4 is 5.73 Å². The van der Waals surface area contributed by atoms with Gasteiger partial charge in [-0.2, -0.15) is 0 Å². The average Bonchev–Trinajstić information content (AvgIpc) is 3.20. The van der Waals surface area contributed by atoms with Gasteiger partial charge in [-0.1, -0.05) is 26.0 Å². The van der Waals surface area contributed by atoms with E-state index in [9.17, 15) is 4.39 Å². The molecule has 1 aromatic carbocycles. The molecule has 2 N–H and O–H groups in total. The van der Waals surface area contributed by atoms with E-state index < -0.39 is 0 Å². The van der Waals surface area contributed by atoms with Crippen molar-refractivity contribution in [1.29, 1.82) is 0 Å². The highest BCUT2D eigenvalue weighted by Crippen LogP contribution is 2.29. The molecule has 0 amide bonds. The summed E-state index contributed by atoms with van der Waals surface area (Å²) in [5.74, 6) is 0.542. The fourth-order valence-corrected chi connectivity index (χ4v) is 2.37. The first-order valence-corrected chi connectivity index (χ1v) is 7.31. The predicted molar refractivity (Wildman–Crippen MR) is 77.2 cm³/mol. The monoisotopic (exact) mass is 264 g/mol. The van der Waals surface area contributed by atoms with Crippen LogP contribution in [0.2, 0.25) is 0 Å². The van der Waals surface area contributed by atoms with Crippen LogP contribution >= 0.6 is 0 Å². The Morgan fingerprint density at radius 1 is 1.37 bits per heavy atom. The van der Waals surface area contributed by atoms with E-state index in [1.54, 1.807) is 6.07 Å². The van der Waals surface area contributed by atoms with E-state index in [4.69, 9.17) is 5.73 Å². The Hall–Kier alpha value is -0.930. The molecule has 1 aromatic rings. The topological polar surface area (TPSA) is 29.3 Å². The minimum Gasteiger partial charge on any atom is -0.326 e. The van der Waals surface area contributed by atoms with Crippen LogP contribution in [0.15, 0.2) is 18.2 Å². The second-order valence-corrected chi connectivity index (χ2v) is 6.01. The molecule has 3 heteroatoms. The van der Waals surface area contributed by atoms with E-state index in [2.05, 4.69) is 18.7 Å². The highest BCUT2D eigenvalue weighted by atomic mass is 19.1. The predicted octanol–water partition coefficient (Wildman–Crippen LogP) is 3.29. The summed E-state index contributed by atoms with van der Waals surface area (Å²) in [6.07, 6.45) is 3.84. The van der Waals surface area contributed by atoms with Gasteiger partial charge in [-0.25, -0.2) is 4.39 Å². The fraction of sp³-hybridized carbons (Fsp3) is 0.625. The van der Waals surface area contributed by atoms with Crippen LogP contribution in [0.4, 0.5) is 4.39 Å². The number of hydrogen-bond donors (Lipinski definition) is 1. The molecule has 0 unspecified atom stereocenters. The van der Waals surface area contributed by atoms with E-state index in [-0.39, 0.29) is 12.4 Å². The molecule has 1 fully saturated rings. The smallest absolute Gasteiger partial charge is 0.127 e. The zero-order valence-corrected chi connectivity index (χ0v) is 12.0. The number of benzene rings is 1. The zero-order valence-electron chi connectivity index (χ0n) is 12.0. The highest BCUT2D eigenvalue weighted by Gasteiger charge is 2.28. The average molecular weight is 264 g/mol. The van der Waals surface area contributed by atoms with Crippen LogP contribution in [-0.2, 0) is 13.1 Å². The van der Waals surface area contributed by atoms with Gasteiger partial charge in [-0.3, -0.25) is 4.90 Å². The van der Waals surface area contributed by atoms with Crippen molar-refractivity contribution in [3.8, 4) is 0 Å². The summed E-state index contributed by atoms with van der Waals surface area (Å²) in [6, 6.07) is 6.09. The maximum Gasteiger partial charge on any atom is 0.127 e. The molecule has 106 valence electrons. The highest BCUT2D eigenvalue weighted by molar-refractivity contribution is 5.25. The molecule has 1 saturated carbocycles. The number of halogens is 1. The molecule has 2 rings (SSSR count). The van der Waals surface area contributed by atoms with E-state index in [1.165, 1.54) is 24.8 Å². The van der Waals surface area contributed by atoms with Crippen LogP contribution in [-0.4, -0.2) is 17.5 Å². The number of hydrogen-bond acceptors (Lipinski definition) is 2. The van der Waals surface area contributed by atoms with Gasteiger partial charge in [-0.15, -0.1) is 0 Å². The fourth-order valence-electron chi connectivity index (χ4n) is 2.37. The summed E-state index contributed by atoms with van der Waals surface area (Å²) in [5.41, 5.74) is 7.37. The SMILES string of the molecule is CC(C)CCN(Cc1ccc(F)c(CN)c1)C1CC1. The summed E-state index contributed by atoms with van der Waals surface area (Å²) in [5, 5.41) is 0. The summed E-state index contributed by atoms with van der Waals surface area (Å²) in [6.45, 7) is 6.85. The molecule has 0 bridgehead atoms. The lowest BCUT2D eigenvalue weighted by Gasteiger charge is -2.23. The molecular weight excluding hydrogens is 239 g/mol. The van der Waals surface area contributed by atoms with Crippen molar-refractivity contribution >= 4 is 0 Å². The van der Waals surface area contributed by atoms with Crippen LogP contribution in [0.3, 0.4) is 0 Å². The first-order valence-electron chi connectivity index (χ1n) is 7.31. The minimum absolute atomic E-state index is 0.189. The second-order valence-electron chi connectivity index (χ2n) is 6.01. The Morgan fingerprint density at radius 3 is 2.68 bits per heavy atom. The molecular formula is C16H25FN2. The molecule has 0 spiro atoms. The molecule has 19 heavy (non-hydrogen) atoms. The third-order valence-electron chi connectivity index (χ3n) is 3.77. The summed E-state index contributed by atoms with van der Waals surface area (Å²) < 4.78 is 13.4. The molecule has 0 aliphatic heterocycles. The normalized spacial score (nSPS) is 15.5. The summed E-state index contributed by atoms with van der Waals surface area (Å²) >= 11 is 0. The van der Waals surface area contributed by atoms with Gasteiger partial charge < -0.3 is 5.73 Å². The van der Waals surface area contributed by atoms with Crippen molar-refractivity contribution in [3.05, 3.63) is 35.1 Å². The molecule has 0 heterocycles. The van der Waals surface area contributed by atoms with Gasteiger partial charge in [0.2, 0.25) is 0 Å². The van der Waals surface area contributed by atoms with Gasteiger partial charge in [0.15, 0.2) is 0 Å². The molecule has 1 aliphatic rings. The first kappa shape index (κ1) is 14.5. The molecule has 1 aliphatic carbocycles. The Kier molecular flexibility index (Phi) is 4.94. The maximum atomic E-state index is 13.4. The van der Waals surface area contributed by atoms with E-state index in [0.717, 1.165) is 25.0 Å². The van der Waals surface area contributed by atoms with Gasteiger partial charge >= 0.3 is 0 Å². The van der Waals surface area contributed by atoms with Gasteiger partial charge in [-0.05, 0) is 43.4 Å².